The summed E-state index contributed by atoms with van der Waals surface area (Å²) in [6.45, 7) is 3.73. The summed E-state index contributed by atoms with van der Waals surface area (Å²) in [6, 6.07) is 14.2. The maximum Gasteiger partial charge on any atom is 0.271 e. The van der Waals surface area contributed by atoms with Crippen molar-refractivity contribution in [3.05, 3.63) is 65.0 Å². The molecule has 1 unspecified atom stereocenters. The molecular weight excluding hydrogens is 250 g/mol. The standard InChI is InChI=1S/C16H15N3O/c1-11-6-3-4-8-13(11)15(10-17)19-16(20)14-9-5-7-12(2)18-14/h3-9,15H,1-2H3,(H,19,20). The van der Waals surface area contributed by atoms with Crippen molar-refractivity contribution in [3.8, 4) is 6.07 Å². The van der Waals surface area contributed by atoms with Crippen LogP contribution < -0.4 is 5.32 Å². The molecule has 1 atom stereocenters. The fourth-order valence-electron chi connectivity index (χ4n) is 1.96. The van der Waals surface area contributed by atoms with Gasteiger partial charge in [-0.25, -0.2) is 4.98 Å². The van der Waals surface area contributed by atoms with E-state index >= 15 is 0 Å². The molecular formula is C16H15N3O. The number of nitrogens with one attached hydrogen (secondary N) is 1. The highest BCUT2D eigenvalue weighted by Gasteiger charge is 2.17. The largest absolute Gasteiger partial charge is 0.331 e. The topological polar surface area (TPSA) is 65.8 Å². The normalized spacial score (nSPS) is 11.4. The van der Waals surface area contributed by atoms with Crippen molar-refractivity contribution in [1.29, 1.82) is 5.26 Å². The van der Waals surface area contributed by atoms with E-state index in [1.54, 1.807) is 12.1 Å². The monoisotopic (exact) mass is 265 g/mol. The predicted octanol–water partition coefficient (Wildman–Crippen LogP) is 2.69. The summed E-state index contributed by atoms with van der Waals surface area (Å²) in [5.41, 5.74) is 2.86. The Kier molecular flexibility index (Phi) is 4.11. The van der Waals surface area contributed by atoms with Crippen molar-refractivity contribution in [1.82, 2.24) is 10.3 Å². The lowest BCUT2D eigenvalue weighted by Crippen LogP contribution is -2.28. The zero-order valence-corrected chi connectivity index (χ0v) is 11.4. The molecule has 0 saturated heterocycles. The van der Waals surface area contributed by atoms with Gasteiger partial charge in [-0.05, 0) is 37.1 Å². The highest BCUT2D eigenvalue weighted by atomic mass is 16.1. The molecule has 4 heteroatoms. The number of hydrogen-bond acceptors (Lipinski definition) is 3. The number of pyridine rings is 1. The molecule has 1 aromatic heterocycles. The molecule has 0 bridgehead atoms. The van der Waals surface area contributed by atoms with Gasteiger partial charge < -0.3 is 5.32 Å². The van der Waals surface area contributed by atoms with Crippen molar-refractivity contribution >= 4 is 5.91 Å². The Morgan fingerprint density at radius 2 is 1.95 bits per heavy atom. The predicted molar refractivity (Wildman–Crippen MR) is 76.0 cm³/mol. The van der Waals surface area contributed by atoms with Crippen LogP contribution in [0, 0.1) is 25.2 Å². The van der Waals surface area contributed by atoms with E-state index in [0.717, 1.165) is 16.8 Å². The van der Waals surface area contributed by atoms with E-state index in [1.165, 1.54) is 0 Å². The summed E-state index contributed by atoms with van der Waals surface area (Å²) in [5.74, 6) is -0.344. The van der Waals surface area contributed by atoms with Crippen molar-refractivity contribution in [2.45, 2.75) is 19.9 Å². The van der Waals surface area contributed by atoms with Gasteiger partial charge in [0, 0.05) is 5.69 Å². The third kappa shape index (κ3) is 3.01. The van der Waals surface area contributed by atoms with Gasteiger partial charge in [0.05, 0.1) is 6.07 Å². The van der Waals surface area contributed by atoms with Gasteiger partial charge in [-0.1, -0.05) is 30.3 Å². The van der Waals surface area contributed by atoms with Crippen LogP contribution in [0.4, 0.5) is 0 Å². The molecule has 0 aliphatic carbocycles. The number of aromatic nitrogens is 1. The summed E-state index contributed by atoms with van der Waals surface area (Å²) in [4.78, 5) is 16.3. The van der Waals surface area contributed by atoms with E-state index in [2.05, 4.69) is 16.4 Å². The van der Waals surface area contributed by atoms with E-state index in [9.17, 15) is 10.1 Å². The van der Waals surface area contributed by atoms with E-state index in [4.69, 9.17) is 0 Å². The van der Waals surface area contributed by atoms with Crippen LogP contribution in [0.3, 0.4) is 0 Å². The maximum absolute atomic E-state index is 12.1. The van der Waals surface area contributed by atoms with E-state index in [-0.39, 0.29) is 5.91 Å². The highest BCUT2D eigenvalue weighted by molar-refractivity contribution is 5.92. The number of nitriles is 1. The lowest BCUT2D eigenvalue weighted by Gasteiger charge is -2.14. The number of nitrogens with zero attached hydrogens (tertiary/aromatic N) is 2. The fourth-order valence-corrected chi connectivity index (χ4v) is 1.96. The second-order valence-corrected chi connectivity index (χ2v) is 4.56. The number of amides is 1. The van der Waals surface area contributed by atoms with Gasteiger partial charge in [0.15, 0.2) is 0 Å². The number of aryl methyl sites for hydroxylation is 2. The van der Waals surface area contributed by atoms with Gasteiger partial charge in [0.1, 0.15) is 11.7 Å². The van der Waals surface area contributed by atoms with Gasteiger partial charge in [-0.2, -0.15) is 5.26 Å². The molecule has 1 amide bonds. The average Bonchev–Trinajstić information content (AvgIpc) is 2.45. The zero-order valence-electron chi connectivity index (χ0n) is 11.4. The highest BCUT2D eigenvalue weighted by Crippen LogP contribution is 2.17. The van der Waals surface area contributed by atoms with Crippen LogP contribution in [0.2, 0.25) is 0 Å². The lowest BCUT2D eigenvalue weighted by molar-refractivity contribution is 0.0940. The van der Waals surface area contributed by atoms with E-state index < -0.39 is 6.04 Å². The van der Waals surface area contributed by atoms with Crippen LogP contribution in [0.1, 0.15) is 33.4 Å². The molecule has 0 saturated carbocycles. The van der Waals surface area contributed by atoms with Gasteiger partial charge in [0.25, 0.3) is 5.91 Å². The SMILES string of the molecule is Cc1cccc(C(=O)NC(C#N)c2ccccc2C)n1. The van der Waals surface area contributed by atoms with Crippen molar-refractivity contribution in [2.24, 2.45) is 0 Å². The van der Waals surface area contributed by atoms with Crippen LogP contribution >= 0.6 is 0 Å². The number of hydrogen-bond donors (Lipinski definition) is 1. The number of carbonyl (C=O) groups excluding carboxylic acids is 1. The molecule has 0 radical (unpaired) electrons. The summed E-state index contributed by atoms with van der Waals surface area (Å²) in [6.07, 6.45) is 0. The molecule has 2 rings (SSSR count). The number of carbonyl (C=O) groups is 1. The fraction of sp³-hybridized carbons (Fsp3) is 0.188. The minimum absolute atomic E-state index is 0.318. The third-order valence-electron chi connectivity index (χ3n) is 3.02. The Labute approximate surface area is 118 Å². The van der Waals surface area contributed by atoms with Crippen LogP contribution in [0.15, 0.2) is 42.5 Å². The molecule has 0 aliphatic rings. The second-order valence-electron chi connectivity index (χ2n) is 4.56. The second kappa shape index (κ2) is 5.98. The summed E-state index contributed by atoms with van der Waals surface area (Å²) >= 11 is 0. The number of benzene rings is 1. The molecule has 4 nitrogen and oxygen atoms in total. The first kappa shape index (κ1) is 13.8. The van der Waals surface area contributed by atoms with Crippen molar-refractivity contribution in [3.63, 3.8) is 0 Å². The van der Waals surface area contributed by atoms with Crippen LogP contribution in [-0.2, 0) is 0 Å². The zero-order chi connectivity index (χ0) is 14.5. The quantitative estimate of drug-likeness (QED) is 0.927. The van der Waals surface area contributed by atoms with Crippen LogP contribution in [0.5, 0.6) is 0 Å². The smallest absolute Gasteiger partial charge is 0.271 e. The van der Waals surface area contributed by atoms with Crippen molar-refractivity contribution in [2.75, 3.05) is 0 Å². The van der Waals surface area contributed by atoms with E-state index in [1.807, 2.05) is 44.2 Å². The molecule has 1 N–H and O–H groups in total. The Morgan fingerprint density at radius 3 is 2.60 bits per heavy atom. The Hall–Kier alpha value is -2.67. The molecule has 100 valence electrons. The molecule has 1 aromatic carbocycles. The lowest BCUT2D eigenvalue weighted by atomic mass is 10.0. The van der Waals surface area contributed by atoms with Crippen LogP contribution in [0.25, 0.3) is 0 Å². The first-order chi connectivity index (χ1) is 9.61. The summed E-state index contributed by atoms with van der Waals surface area (Å²) in [7, 11) is 0. The molecule has 0 spiro atoms. The minimum Gasteiger partial charge on any atom is -0.331 e. The molecule has 0 fully saturated rings. The van der Waals surface area contributed by atoms with Gasteiger partial charge >= 0.3 is 0 Å². The first-order valence-corrected chi connectivity index (χ1v) is 6.31. The van der Waals surface area contributed by atoms with E-state index in [0.29, 0.717) is 5.69 Å². The Bertz CT molecular complexity index is 673. The molecule has 2 aromatic rings. The molecule has 1 heterocycles. The first-order valence-electron chi connectivity index (χ1n) is 6.31. The Balaban J connectivity index is 2.22. The van der Waals surface area contributed by atoms with Gasteiger partial charge in [-0.3, -0.25) is 4.79 Å². The van der Waals surface area contributed by atoms with Gasteiger partial charge in [0.2, 0.25) is 0 Å². The Morgan fingerprint density at radius 1 is 1.20 bits per heavy atom. The van der Waals surface area contributed by atoms with Crippen molar-refractivity contribution < 1.29 is 4.79 Å². The third-order valence-corrected chi connectivity index (χ3v) is 3.02. The molecule has 0 aliphatic heterocycles. The summed E-state index contributed by atoms with van der Waals surface area (Å²) < 4.78 is 0. The van der Waals surface area contributed by atoms with Crippen LogP contribution in [-0.4, -0.2) is 10.9 Å². The van der Waals surface area contributed by atoms with Gasteiger partial charge in [-0.15, -0.1) is 0 Å². The minimum atomic E-state index is -0.675. The number of rotatable bonds is 3. The summed E-state index contributed by atoms with van der Waals surface area (Å²) in [5, 5.41) is 12.0. The average molecular weight is 265 g/mol. The maximum atomic E-state index is 12.1. The molecule has 20 heavy (non-hydrogen) atoms.